The number of para-hydroxylation sites is 1. The Morgan fingerprint density at radius 1 is 0.437 bits per heavy atom. The van der Waals surface area contributed by atoms with Crippen molar-refractivity contribution in [2.45, 2.75) is 165 Å². The molecule has 0 saturated heterocycles. The maximum absolute atomic E-state index is 12.1. The van der Waals surface area contributed by atoms with Crippen LogP contribution in [0.15, 0.2) is 193 Å². The molecule has 5 heterocycles. The summed E-state index contributed by atoms with van der Waals surface area (Å²) in [6.07, 6.45) is 11.7. The Morgan fingerprint density at radius 3 is 1.38 bits per heavy atom. The lowest BCUT2D eigenvalue weighted by Crippen LogP contribution is -2.27. The van der Waals surface area contributed by atoms with Crippen molar-refractivity contribution in [3.05, 3.63) is 234 Å². The van der Waals surface area contributed by atoms with Crippen molar-refractivity contribution >= 4 is 69.2 Å². The lowest BCUT2D eigenvalue weighted by Gasteiger charge is -2.07. The number of rotatable bonds is 19. The molecule has 0 aliphatic heterocycles. The van der Waals surface area contributed by atoms with Gasteiger partial charge in [-0.25, -0.2) is 4.98 Å². The highest BCUT2D eigenvalue weighted by Gasteiger charge is 2.15. The number of furan rings is 1. The molecule has 9 rings (SSSR count). The molecule has 0 fully saturated rings. The summed E-state index contributed by atoms with van der Waals surface area (Å²) in [5.41, 5.74) is 6.77. The molecule has 0 unspecified atom stereocenters. The van der Waals surface area contributed by atoms with Crippen molar-refractivity contribution in [2.75, 3.05) is 52.4 Å². The van der Waals surface area contributed by atoms with Gasteiger partial charge in [-0.3, -0.25) is 38.5 Å². The summed E-state index contributed by atoms with van der Waals surface area (Å²) >= 11 is 0. The number of ether oxygens (including phenoxy) is 1. The lowest BCUT2D eigenvalue weighted by atomic mass is 9.98. The van der Waals surface area contributed by atoms with E-state index in [2.05, 4.69) is 140 Å². The first-order valence-corrected chi connectivity index (χ1v) is 41.5. The minimum absolute atomic E-state index is 0.0182. The normalized spacial score (nSPS) is 10.6. The van der Waals surface area contributed by atoms with E-state index in [-0.39, 0.29) is 92.3 Å². The summed E-state index contributed by atoms with van der Waals surface area (Å²) in [5, 5.41) is 28.9. The minimum atomic E-state index is -0.195. The van der Waals surface area contributed by atoms with Crippen LogP contribution in [0.2, 0.25) is 0 Å². The van der Waals surface area contributed by atoms with Gasteiger partial charge in [-0.05, 0) is 224 Å². The van der Waals surface area contributed by atoms with Crippen molar-refractivity contribution in [1.29, 1.82) is 0 Å². The van der Waals surface area contributed by atoms with Crippen LogP contribution >= 0.6 is 0 Å². The first-order chi connectivity index (χ1) is 59.1. The van der Waals surface area contributed by atoms with Crippen LogP contribution in [0, 0.1) is 128 Å². The van der Waals surface area contributed by atoms with E-state index in [1.165, 1.54) is 17.8 Å². The molecule has 5 aromatic heterocycles. The summed E-state index contributed by atoms with van der Waals surface area (Å²) in [7, 11) is 1.84. The second-order valence-corrected chi connectivity index (χ2v) is 35.7. The number of aryl methyl sites for hydroxylation is 2. The maximum Gasteiger partial charge on any atom is 0.270 e. The molecule has 0 atom stereocenters. The van der Waals surface area contributed by atoms with E-state index in [0.29, 0.717) is 86.2 Å². The van der Waals surface area contributed by atoms with Gasteiger partial charge in [-0.2, -0.15) is 10.2 Å². The molecule has 0 saturated carbocycles. The summed E-state index contributed by atoms with van der Waals surface area (Å²) in [4.78, 5) is 89.9. The number of carbonyl (C=O) groups is 7. The molecule has 0 spiro atoms. The van der Waals surface area contributed by atoms with E-state index < -0.39 is 0 Å². The van der Waals surface area contributed by atoms with Gasteiger partial charge in [0, 0.05) is 86.0 Å². The lowest BCUT2D eigenvalue weighted by molar-refractivity contribution is -0.126. The predicted molar refractivity (Wildman–Crippen MR) is 509 cm³/mol. The quantitative estimate of drug-likeness (QED) is 0.0293. The molecule has 7 N–H and O–H groups in total. The van der Waals surface area contributed by atoms with Crippen LogP contribution in [0.1, 0.15) is 210 Å². The van der Waals surface area contributed by atoms with Gasteiger partial charge in [0.2, 0.25) is 17.7 Å². The van der Waals surface area contributed by atoms with Gasteiger partial charge < -0.3 is 50.9 Å². The first-order valence-electron chi connectivity index (χ1n) is 41.5. The van der Waals surface area contributed by atoms with Gasteiger partial charge in [0.05, 0.1) is 87.9 Å². The van der Waals surface area contributed by atoms with Crippen LogP contribution in [-0.4, -0.2) is 119 Å². The standard InChI is InChI=1S/C17H18N2O.C17H21NO.C16H17N3O.C16H21NO2.C13H18N2O.C13H16N2O.C13H17NO2/c1-17(2,3)11-6-12-18-16(20)15-10-9-13-7-4-5-8-14(13)19-15;1-14-6-8-15(9-7-14)10-11-16(19)18-13-5-12-17(2,3)4;1-16(2,3)9-6-10-17-15(20)13-11-18-19-14-8-5-4-7-12(13)14;1-16(2,3)10-7-11-17-15(18)13-19-12-14-8-5-4-6-9-14;1-13(2,3)8-6-9-14-12(16)11-7-5-10-15(11)4;1-13(2,3)7-4-8-15-12(16)11-5-9-14-10-6-11;1-13(2,3)7-5-8-14-12(15)10-11-6-4-9-16-11/h4-5,7-10H,12H2,1-3H3,(H,18,20);6-11H,13H2,1-4H3,(H,18,19);4-5,7-8,11H,10H2,1-3H3,(H,17,20);4-6,8-9H,11-13H2,1-3H3,(H,17,18);5,7,10H,9H2,1-4H3,(H,14,16);5-6,9-10H,8H2,1-3H3,(H,15,16);4,6,9H,8,10H2,1-3H3,(H,14,15)/b;11-10+;;;;;. The van der Waals surface area contributed by atoms with Crippen LogP contribution in [0.5, 0.6) is 0 Å². The van der Waals surface area contributed by atoms with Crippen molar-refractivity contribution in [2.24, 2.45) is 45.0 Å². The Morgan fingerprint density at radius 2 is 0.889 bits per heavy atom. The van der Waals surface area contributed by atoms with Crippen LogP contribution in [0.4, 0.5) is 0 Å². The number of pyridine rings is 2. The average molecular weight is 1700 g/mol. The fourth-order valence-corrected chi connectivity index (χ4v) is 9.47. The number of fused-ring (bicyclic) bond motifs is 2. The van der Waals surface area contributed by atoms with E-state index in [4.69, 9.17) is 9.15 Å². The van der Waals surface area contributed by atoms with E-state index in [1.807, 2.05) is 281 Å². The van der Waals surface area contributed by atoms with Gasteiger partial charge in [-0.1, -0.05) is 186 Å². The van der Waals surface area contributed by atoms with Crippen molar-refractivity contribution in [3.8, 4) is 82.9 Å². The van der Waals surface area contributed by atoms with Gasteiger partial charge in [0.25, 0.3) is 23.6 Å². The molecule has 0 radical (unpaired) electrons. The van der Waals surface area contributed by atoms with Gasteiger partial charge >= 0.3 is 0 Å². The highest BCUT2D eigenvalue weighted by Crippen LogP contribution is 2.18. The average Bonchev–Trinajstić information content (AvgIpc) is 0.892. The van der Waals surface area contributed by atoms with Crippen molar-refractivity contribution in [3.63, 3.8) is 0 Å². The maximum atomic E-state index is 12.1. The Bertz CT molecular complexity index is 5450. The molecule has 9 aromatic rings. The molecule has 0 aliphatic rings. The van der Waals surface area contributed by atoms with Gasteiger partial charge in [-0.15, -0.1) is 0 Å². The zero-order valence-electron chi connectivity index (χ0n) is 78.0. The van der Waals surface area contributed by atoms with E-state index in [1.54, 1.807) is 65.7 Å². The Kier molecular flexibility index (Phi) is 46.2. The second-order valence-electron chi connectivity index (χ2n) is 35.7. The third-order valence-electron chi connectivity index (χ3n) is 15.2. The smallest absolute Gasteiger partial charge is 0.270 e. The van der Waals surface area contributed by atoms with E-state index in [0.717, 1.165) is 27.4 Å². The fourth-order valence-electron chi connectivity index (χ4n) is 9.47. The molecule has 7 amide bonds. The summed E-state index contributed by atoms with van der Waals surface area (Å²) in [6.45, 7) is 47.8. The molecular formula is C105H128N12O9. The predicted octanol–water partition coefficient (Wildman–Crippen LogP) is 16.6. The van der Waals surface area contributed by atoms with E-state index in [9.17, 15) is 33.6 Å². The number of nitrogens with zero attached hydrogens (tertiary/aromatic N) is 5. The monoisotopic (exact) mass is 1700 g/mol. The highest BCUT2D eigenvalue weighted by atomic mass is 16.5. The number of aromatic nitrogens is 5. The van der Waals surface area contributed by atoms with Gasteiger partial charge in [0.15, 0.2) is 0 Å². The van der Waals surface area contributed by atoms with Crippen LogP contribution < -0.4 is 37.2 Å². The number of amides is 7. The third kappa shape index (κ3) is 53.2. The Labute approximate surface area is 749 Å². The van der Waals surface area contributed by atoms with E-state index >= 15 is 0 Å². The molecule has 21 nitrogen and oxygen atoms in total. The molecular weight excluding hydrogens is 1570 g/mol. The fraction of sp³-hybridized carbons (Fsp3) is 0.381. The first kappa shape index (κ1) is 106. The minimum Gasteiger partial charge on any atom is -0.469 e. The molecule has 0 aliphatic carbocycles. The Balaban J connectivity index is 0.000000380. The molecule has 662 valence electrons. The molecule has 0 bridgehead atoms. The molecule has 4 aromatic carbocycles. The number of carbonyl (C=O) groups excluding carboxylic acids is 7. The second kappa shape index (κ2) is 54.7. The van der Waals surface area contributed by atoms with Crippen molar-refractivity contribution in [1.82, 2.24) is 61.9 Å². The summed E-state index contributed by atoms with van der Waals surface area (Å²) < 4.78 is 12.2. The number of benzene rings is 4. The number of hydrogen-bond donors (Lipinski definition) is 7. The largest absolute Gasteiger partial charge is 0.469 e. The van der Waals surface area contributed by atoms with Crippen LogP contribution in [-0.2, 0) is 39.2 Å². The highest BCUT2D eigenvalue weighted by molar-refractivity contribution is 6.05. The topological polar surface area (TPSA) is 283 Å². The molecule has 126 heavy (non-hydrogen) atoms. The zero-order chi connectivity index (χ0) is 93.8. The molecule has 21 heteroatoms. The van der Waals surface area contributed by atoms with Crippen LogP contribution in [0.3, 0.4) is 0 Å². The van der Waals surface area contributed by atoms with Crippen molar-refractivity contribution < 1.29 is 42.7 Å². The number of hydrogen-bond acceptors (Lipinski definition) is 13. The summed E-state index contributed by atoms with van der Waals surface area (Å²) in [6, 6.07) is 47.1. The number of nitrogens with one attached hydrogen (secondary N) is 7. The van der Waals surface area contributed by atoms with Crippen LogP contribution in [0.25, 0.3) is 27.9 Å². The Hall–Kier alpha value is -13.8. The third-order valence-corrected chi connectivity index (χ3v) is 15.2. The summed E-state index contributed by atoms with van der Waals surface area (Å²) in [5.74, 6) is 41.8. The van der Waals surface area contributed by atoms with Gasteiger partial charge in [0.1, 0.15) is 23.8 Å². The SMILES string of the molecule is CC(C)(C)C#CCNC(=O)COCc1ccccc1.CC(C)(C)C#CCNC(=O)Cc1ccco1.CC(C)(C)C#CCNC(=O)c1ccc2ccccc2n1.CC(C)(C)C#CCNC(=O)c1ccncc1.CC(C)(C)C#CCNC(=O)c1cnnc2ccccc12.Cc1ccc(/C=C/C(=O)NCC#CC(C)(C)C)cc1.Cn1cccc1C(=O)NCC#CC(C)(C)C. The zero-order valence-corrected chi connectivity index (χ0v) is 78.0.